The number of amides is 2. The van der Waals surface area contributed by atoms with Gasteiger partial charge >= 0.3 is 0 Å². The molecule has 1 N–H and O–H groups in total. The normalized spacial score (nSPS) is 14.0. The summed E-state index contributed by atoms with van der Waals surface area (Å²) in [6.07, 6.45) is 0. The van der Waals surface area contributed by atoms with Crippen LogP contribution in [0.2, 0.25) is 0 Å². The first-order valence-electron chi connectivity index (χ1n) is 12.1. The van der Waals surface area contributed by atoms with Crippen LogP contribution in [0.4, 0.5) is 5.69 Å². The molecule has 0 radical (unpaired) electrons. The Kier molecular flexibility index (Phi) is 9.12. The highest BCUT2D eigenvalue weighted by Crippen LogP contribution is 2.35. The maximum atomic E-state index is 13.8. The van der Waals surface area contributed by atoms with Crippen molar-refractivity contribution in [3.05, 3.63) is 52.5 Å². The molecule has 0 bridgehead atoms. The van der Waals surface area contributed by atoms with E-state index in [4.69, 9.17) is 9.47 Å². The third-order valence-electron chi connectivity index (χ3n) is 5.70. The van der Waals surface area contributed by atoms with Crippen molar-refractivity contribution in [2.24, 2.45) is 0 Å². The molecule has 2 aromatic rings. The number of hydrogen-bond acceptors (Lipinski definition) is 6. The van der Waals surface area contributed by atoms with E-state index in [1.165, 1.54) is 11.8 Å². The van der Waals surface area contributed by atoms with Gasteiger partial charge in [0, 0.05) is 22.6 Å². The molecule has 0 unspecified atom stereocenters. The molecule has 0 saturated carbocycles. The molecule has 0 fully saturated rings. The first kappa shape index (κ1) is 28.8. The van der Waals surface area contributed by atoms with Gasteiger partial charge in [0.05, 0.1) is 11.4 Å². The van der Waals surface area contributed by atoms with Crippen molar-refractivity contribution in [3.63, 3.8) is 0 Å². The molecular formula is C26H34BrN3O6S. The average molecular weight is 597 g/mol. The summed E-state index contributed by atoms with van der Waals surface area (Å²) in [6.45, 7) is 9.12. The molecule has 3 rings (SSSR count). The standard InChI is InChI=1S/C26H34BrN3O6S/c1-6-37(33,34)30(21-10-11-22-23(15-21)36-13-12-35-22)17-24(31)29(16-19-8-7-9-20(27)14-19)18(2)25(32)28-26(3,4)5/h7-11,14-15,18H,6,12-13,16-17H2,1-5H3,(H,28,32)/t18-/m0/s1. The second kappa shape index (κ2) is 11.7. The van der Waals surface area contributed by atoms with Gasteiger partial charge in [-0.3, -0.25) is 13.9 Å². The Labute approximate surface area is 227 Å². The van der Waals surface area contributed by atoms with Gasteiger partial charge < -0.3 is 19.7 Å². The minimum Gasteiger partial charge on any atom is -0.486 e. The highest BCUT2D eigenvalue weighted by atomic mass is 79.9. The van der Waals surface area contributed by atoms with Crippen LogP contribution in [-0.2, 0) is 26.2 Å². The SMILES string of the molecule is CCS(=O)(=O)N(CC(=O)N(Cc1cccc(Br)c1)[C@@H](C)C(=O)NC(C)(C)C)c1ccc2c(c1)OCCO2. The van der Waals surface area contributed by atoms with E-state index in [9.17, 15) is 18.0 Å². The Morgan fingerprint density at radius 1 is 1.08 bits per heavy atom. The van der Waals surface area contributed by atoms with Crippen LogP contribution in [0.5, 0.6) is 11.5 Å². The molecule has 2 aromatic carbocycles. The van der Waals surface area contributed by atoms with Crippen molar-refractivity contribution < 1.29 is 27.5 Å². The quantitative estimate of drug-likeness (QED) is 0.474. The summed E-state index contributed by atoms with van der Waals surface area (Å²) in [4.78, 5) is 28.2. The predicted octanol–water partition coefficient (Wildman–Crippen LogP) is 3.71. The molecule has 0 saturated heterocycles. The van der Waals surface area contributed by atoms with Crippen LogP contribution in [0.1, 0.15) is 40.2 Å². The number of nitrogens with zero attached hydrogens (tertiary/aromatic N) is 2. The van der Waals surface area contributed by atoms with Crippen molar-refractivity contribution in [1.29, 1.82) is 0 Å². The first-order valence-corrected chi connectivity index (χ1v) is 14.5. The summed E-state index contributed by atoms with van der Waals surface area (Å²) in [7, 11) is -3.84. The number of ether oxygens (including phenoxy) is 2. The van der Waals surface area contributed by atoms with Crippen LogP contribution in [-0.4, -0.2) is 62.2 Å². The second-order valence-corrected chi connectivity index (χ2v) is 12.9. The molecule has 1 aliphatic heterocycles. The lowest BCUT2D eigenvalue weighted by Gasteiger charge is -2.33. The number of carbonyl (C=O) groups is 2. The van der Waals surface area contributed by atoms with Gasteiger partial charge in [0.2, 0.25) is 21.8 Å². The number of rotatable bonds is 9. The second-order valence-electron chi connectivity index (χ2n) is 9.80. The number of halogens is 1. The van der Waals surface area contributed by atoms with Gasteiger partial charge in [-0.15, -0.1) is 0 Å². The van der Waals surface area contributed by atoms with E-state index >= 15 is 0 Å². The minimum atomic E-state index is -3.84. The maximum absolute atomic E-state index is 13.8. The van der Waals surface area contributed by atoms with Gasteiger partial charge in [-0.05, 0) is 64.4 Å². The van der Waals surface area contributed by atoms with Crippen molar-refractivity contribution in [3.8, 4) is 11.5 Å². The van der Waals surface area contributed by atoms with E-state index in [1.54, 1.807) is 25.1 Å². The smallest absolute Gasteiger partial charge is 0.244 e. The van der Waals surface area contributed by atoms with E-state index < -0.39 is 34.1 Å². The molecule has 0 spiro atoms. The molecule has 0 aromatic heterocycles. The number of nitrogens with one attached hydrogen (secondary N) is 1. The Morgan fingerprint density at radius 3 is 2.38 bits per heavy atom. The summed E-state index contributed by atoms with van der Waals surface area (Å²) in [5.74, 6) is -0.126. The average Bonchev–Trinajstić information content (AvgIpc) is 2.84. The monoisotopic (exact) mass is 595 g/mol. The van der Waals surface area contributed by atoms with E-state index in [0.29, 0.717) is 24.7 Å². The van der Waals surface area contributed by atoms with Gasteiger partial charge in [0.1, 0.15) is 25.8 Å². The predicted molar refractivity (Wildman–Crippen MR) is 146 cm³/mol. The minimum absolute atomic E-state index is 0.123. The molecule has 2 amide bonds. The van der Waals surface area contributed by atoms with Crippen molar-refractivity contribution in [2.75, 3.05) is 29.8 Å². The van der Waals surface area contributed by atoms with Gasteiger partial charge in [-0.25, -0.2) is 8.42 Å². The topological polar surface area (TPSA) is 105 Å². The van der Waals surface area contributed by atoms with Crippen LogP contribution in [0, 0.1) is 0 Å². The van der Waals surface area contributed by atoms with Crippen molar-refractivity contribution in [1.82, 2.24) is 10.2 Å². The molecule has 37 heavy (non-hydrogen) atoms. The summed E-state index contributed by atoms with van der Waals surface area (Å²) in [5.41, 5.74) is 0.578. The van der Waals surface area contributed by atoms with Gasteiger partial charge in [-0.2, -0.15) is 0 Å². The summed E-state index contributed by atoms with van der Waals surface area (Å²) in [6, 6.07) is 11.3. The lowest BCUT2D eigenvalue weighted by atomic mass is 10.1. The molecule has 202 valence electrons. The van der Waals surface area contributed by atoms with Crippen LogP contribution < -0.4 is 19.1 Å². The van der Waals surface area contributed by atoms with Gasteiger partial charge in [0.25, 0.3) is 0 Å². The largest absolute Gasteiger partial charge is 0.486 e. The van der Waals surface area contributed by atoms with Crippen LogP contribution >= 0.6 is 15.9 Å². The molecule has 0 aliphatic carbocycles. The fraction of sp³-hybridized carbons (Fsp3) is 0.462. The van der Waals surface area contributed by atoms with Gasteiger partial charge in [-0.1, -0.05) is 28.1 Å². The fourth-order valence-electron chi connectivity index (χ4n) is 3.80. The first-order chi connectivity index (χ1) is 17.3. The zero-order valence-electron chi connectivity index (χ0n) is 21.8. The molecule has 9 nitrogen and oxygen atoms in total. The molecule has 1 aliphatic rings. The number of sulfonamides is 1. The van der Waals surface area contributed by atoms with Crippen molar-refractivity contribution in [2.45, 2.75) is 52.7 Å². The Balaban J connectivity index is 1.96. The number of carbonyl (C=O) groups excluding carboxylic acids is 2. The van der Waals surface area contributed by atoms with Crippen LogP contribution in [0.15, 0.2) is 46.9 Å². The number of fused-ring (bicyclic) bond motifs is 1. The van der Waals surface area contributed by atoms with Crippen LogP contribution in [0.3, 0.4) is 0 Å². The number of hydrogen-bond donors (Lipinski definition) is 1. The molecule has 11 heteroatoms. The number of benzene rings is 2. The van der Waals surface area contributed by atoms with Crippen molar-refractivity contribution >= 4 is 43.5 Å². The van der Waals surface area contributed by atoms with E-state index in [-0.39, 0.29) is 23.9 Å². The third-order valence-corrected chi connectivity index (χ3v) is 7.93. The highest BCUT2D eigenvalue weighted by Gasteiger charge is 2.32. The van der Waals surface area contributed by atoms with Gasteiger partial charge in [0.15, 0.2) is 11.5 Å². The van der Waals surface area contributed by atoms with E-state index in [0.717, 1.165) is 14.3 Å². The van der Waals surface area contributed by atoms with E-state index in [1.807, 2.05) is 45.0 Å². The molecular weight excluding hydrogens is 562 g/mol. The third kappa shape index (κ3) is 7.61. The lowest BCUT2D eigenvalue weighted by molar-refractivity contribution is -0.140. The Morgan fingerprint density at radius 2 is 1.76 bits per heavy atom. The van der Waals surface area contributed by atoms with Crippen LogP contribution in [0.25, 0.3) is 0 Å². The fourth-order valence-corrected chi connectivity index (χ4v) is 5.30. The Hall–Kier alpha value is -2.79. The summed E-state index contributed by atoms with van der Waals surface area (Å²) < 4.78 is 39.3. The summed E-state index contributed by atoms with van der Waals surface area (Å²) in [5, 5.41) is 2.91. The lowest BCUT2D eigenvalue weighted by Crippen LogP contribution is -2.54. The molecule has 1 heterocycles. The highest BCUT2D eigenvalue weighted by molar-refractivity contribution is 9.10. The zero-order valence-corrected chi connectivity index (χ0v) is 24.2. The summed E-state index contributed by atoms with van der Waals surface area (Å²) >= 11 is 3.44. The maximum Gasteiger partial charge on any atom is 0.244 e. The Bertz CT molecular complexity index is 1250. The molecule has 1 atom stereocenters. The zero-order chi connectivity index (χ0) is 27.4. The van der Waals surface area contributed by atoms with E-state index in [2.05, 4.69) is 21.2 Å². The number of anilines is 1.